The van der Waals surface area contributed by atoms with Crippen LogP contribution in [0.25, 0.3) is 0 Å². The Labute approximate surface area is 197 Å². The topological polar surface area (TPSA) is 24.5 Å². The third kappa shape index (κ3) is 7.81. The molecule has 0 aliphatic carbocycles. The molecule has 0 aliphatic rings. The van der Waals surface area contributed by atoms with Gasteiger partial charge in [0.1, 0.15) is 12.4 Å². The van der Waals surface area contributed by atoms with Crippen LogP contribution in [-0.4, -0.2) is 31.1 Å². The second-order valence-electron chi connectivity index (χ2n) is 8.18. The van der Waals surface area contributed by atoms with Gasteiger partial charge >= 0.3 is 0 Å². The highest BCUT2D eigenvalue weighted by atomic mass is 16.5. The van der Waals surface area contributed by atoms with Crippen molar-refractivity contribution in [3.05, 3.63) is 126 Å². The molecule has 0 fully saturated rings. The van der Waals surface area contributed by atoms with E-state index in [0.29, 0.717) is 6.61 Å². The minimum absolute atomic E-state index is 0.676. The van der Waals surface area contributed by atoms with E-state index in [1.165, 1.54) is 11.1 Å². The van der Waals surface area contributed by atoms with Crippen molar-refractivity contribution in [3.8, 4) is 5.75 Å². The molecule has 0 saturated carbocycles. The Hall–Kier alpha value is -3.56. The van der Waals surface area contributed by atoms with Crippen molar-refractivity contribution in [1.82, 2.24) is 4.90 Å². The van der Waals surface area contributed by atoms with Crippen molar-refractivity contribution < 1.29 is 4.74 Å². The lowest BCUT2D eigenvalue weighted by atomic mass is 10.1. The normalized spacial score (nSPS) is 10.8. The maximum atomic E-state index is 6.08. The number of hydrogen-bond acceptors (Lipinski definition) is 3. The number of benzene rings is 4. The van der Waals surface area contributed by atoms with Gasteiger partial charge in [0.25, 0.3) is 0 Å². The molecule has 0 saturated heterocycles. The molecular weight excluding hydrogens is 404 g/mol. The third-order valence-electron chi connectivity index (χ3n) is 5.71. The molecule has 0 bridgehead atoms. The summed E-state index contributed by atoms with van der Waals surface area (Å²) in [7, 11) is 0. The second-order valence-corrected chi connectivity index (χ2v) is 8.18. The molecule has 3 heteroatoms. The molecule has 0 radical (unpaired) electrons. The molecular formula is C30H32N2O. The van der Waals surface area contributed by atoms with Crippen molar-refractivity contribution in [2.24, 2.45) is 0 Å². The first-order valence-corrected chi connectivity index (χ1v) is 11.7. The minimum Gasteiger partial charge on any atom is -0.492 e. The molecule has 0 atom stereocenters. The first-order chi connectivity index (χ1) is 16.3. The molecule has 1 N–H and O–H groups in total. The predicted molar refractivity (Wildman–Crippen MR) is 138 cm³/mol. The van der Waals surface area contributed by atoms with Crippen molar-refractivity contribution in [3.63, 3.8) is 0 Å². The van der Waals surface area contributed by atoms with Crippen LogP contribution in [0.3, 0.4) is 0 Å². The van der Waals surface area contributed by atoms with Crippen LogP contribution in [0.1, 0.15) is 11.1 Å². The minimum atomic E-state index is 0.676. The molecule has 3 nitrogen and oxygen atoms in total. The van der Waals surface area contributed by atoms with Crippen molar-refractivity contribution in [2.75, 3.05) is 31.6 Å². The Morgan fingerprint density at radius 3 is 1.55 bits per heavy atom. The van der Waals surface area contributed by atoms with E-state index >= 15 is 0 Å². The largest absolute Gasteiger partial charge is 0.492 e. The summed E-state index contributed by atoms with van der Waals surface area (Å²) < 4.78 is 6.08. The quantitative estimate of drug-likeness (QED) is 0.271. The number of ether oxygens (including phenoxy) is 1. The molecule has 0 amide bonds. The highest BCUT2D eigenvalue weighted by Gasteiger charge is 2.07. The van der Waals surface area contributed by atoms with Gasteiger partial charge in [0.15, 0.2) is 0 Å². The smallest absolute Gasteiger partial charge is 0.119 e. The molecule has 168 valence electrons. The van der Waals surface area contributed by atoms with Crippen LogP contribution in [0.2, 0.25) is 0 Å². The third-order valence-corrected chi connectivity index (χ3v) is 5.71. The van der Waals surface area contributed by atoms with Gasteiger partial charge in [-0.05, 0) is 60.4 Å². The summed E-state index contributed by atoms with van der Waals surface area (Å²) >= 11 is 0. The zero-order valence-electron chi connectivity index (χ0n) is 19.1. The Balaban J connectivity index is 1.27. The van der Waals surface area contributed by atoms with E-state index < -0.39 is 0 Å². The maximum Gasteiger partial charge on any atom is 0.119 e. The summed E-state index contributed by atoms with van der Waals surface area (Å²) in [4.78, 5) is 2.51. The lowest BCUT2D eigenvalue weighted by Gasteiger charge is -2.22. The van der Waals surface area contributed by atoms with Gasteiger partial charge in [-0.25, -0.2) is 0 Å². The van der Waals surface area contributed by atoms with Crippen LogP contribution in [0.15, 0.2) is 115 Å². The van der Waals surface area contributed by atoms with Gasteiger partial charge in [-0.2, -0.15) is 0 Å². The standard InChI is InChI=1S/C30H32N2O/c1-4-10-26(11-5-1)20-22-32(23-21-27-12-6-2-7-13-27)24-25-33-30-18-16-29(17-19-30)31-28-14-8-3-9-15-28/h1-19,31H,20-25H2. The van der Waals surface area contributed by atoms with Crippen molar-refractivity contribution in [1.29, 1.82) is 0 Å². The van der Waals surface area contributed by atoms with Gasteiger partial charge in [-0.3, -0.25) is 4.90 Å². The molecule has 0 aliphatic heterocycles. The molecule has 4 aromatic carbocycles. The maximum absolute atomic E-state index is 6.08. The van der Waals surface area contributed by atoms with E-state index in [2.05, 4.69) is 95.1 Å². The number of nitrogens with zero attached hydrogens (tertiary/aromatic N) is 1. The van der Waals surface area contributed by atoms with Crippen LogP contribution in [0.5, 0.6) is 5.75 Å². The fourth-order valence-electron chi connectivity index (χ4n) is 3.81. The average Bonchev–Trinajstić information content (AvgIpc) is 2.88. The summed E-state index contributed by atoms with van der Waals surface area (Å²) in [5, 5.41) is 3.41. The number of nitrogens with one attached hydrogen (secondary N) is 1. The van der Waals surface area contributed by atoms with Crippen LogP contribution in [-0.2, 0) is 12.8 Å². The molecule has 0 unspecified atom stereocenters. The van der Waals surface area contributed by atoms with E-state index in [1.807, 2.05) is 30.3 Å². The van der Waals surface area contributed by atoms with Crippen LogP contribution in [0, 0.1) is 0 Å². The lowest BCUT2D eigenvalue weighted by molar-refractivity contribution is 0.211. The molecule has 0 spiro atoms. The fraction of sp³-hybridized carbons (Fsp3) is 0.200. The van der Waals surface area contributed by atoms with E-state index in [0.717, 1.165) is 49.6 Å². The first kappa shape index (κ1) is 22.6. The van der Waals surface area contributed by atoms with E-state index in [-0.39, 0.29) is 0 Å². The lowest BCUT2D eigenvalue weighted by Crippen LogP contribution is -2.32. The van der Waals surface area contributed by atoms with Crippen LogP contribution in [0.4, 0.5) is 11.4 Å². The van der Waals surface area contributed by atoms with E-state index in [9.17, 15) is 0 Å². The van der Waals surface area contributed by atoms with Crippen LogP contribution >= 0.6 is 0 Å². The Morgan fingerprint density at radius 2 is 1.00 bits per heavy atom. The van der Waals surface area contributed by atoms with Crippen LogP contribution < -0.4 is 10.1 Å². The van der Waals surface area contributed by atoms with Gasteiger partial charge in [0, 0.05) is 31.0 Å². The van der Waals surface area contributed by atoms with Gasteiger partial charge < -0.3 is 10.1 Å². The molecule has 33 heavy (non-hydrogen) atoms. The summed E-state index contributed by atoms with van der Waals surface area (Å²) in [6, 6.07) is 39.8. The Kier molecular flexibility index (Phi) is 8.55. The number of rotatable bonds is 12. The Morgan fingerprint density at radius 1 is 0.515 bits per heavy atom. The number of hydrogen-bond donors (Lipinski definition) is 1. The number of anilines is 2. The van der Waals surface area contributed by atoms with Gasteiger partial charge in [0.05, 0.1) is 0 Å². The Bertz CT molecular complexity index is 1010. The number of para-hydroxylation sites is 1. The zero-order chi connectivity index (χ0) is 22.6. The zero-order valence-corrected chi connectivity index (χ0v) is 19.1. The molecule has 0 aromatic heterocycles. The first-order valence-electron chi connectivity index (χ1n) is 11.7. The summed E-state index contributed by atoms with van der Waals surface area (Å²) in [5.74, 6) is 0.902. The highest BCUT2D eigenvalue weighted by Crippen LogP contribution is 2.20. The van der Waals surface area contributed by atoms with Gasteiger partial charge in [0.2, 0.25) is 0 Å². The van der Waals surface area contributed by atoms with E-state index in [1.54, 1.807) is 0 Å². The SMILES string of the molecule is c1ccc(CCN(CCOc2ccc(Nc3ccccc3)cc2)CCc2ccccc2)cc1. The predicted octanol–water partition coefficient (Wildman–Crippen LogP) is 6.60. The van der Waals surface area contributed by atoms with Crippen molar-refractivity contribution in [2.45, 2.75) is 12.8 Å². The van der Waals surface area contributed by atoms with Gasteiger partial charge in [-0.15, -0.1) is 0 Å². The second kappa shape index (κ2) is 12.5. The summed E-state index contributed by atoms with van der Waals surface area (Å²) in [5.41, 5.74) is 4.90. The summed E-state index contributed by atoms with van der Waals surface area (Å²) in [6.45, 7) is 3.64. The van der Waals surface area contributed by atoms with E-state index in [4.69, 9.17) is 4.74 Å². The fourth-order valence-corrected chi connectivity index (χ4v) is 3.81. The summed E-state index contributed by atoms with van der Waals surface area (Å²) in [6.07, 6.45) is 2.10. The van der Waals surface area contributed by atoms with Gasteiger partial charge in [-0.1, -0.05) is 78.9 Å². The molecule has 4 rings (SSSR count). The highest BCUT2D eigenvalue weighted by molar-refractivity contribution is 5.60. The van der Waals surface area contributed by atoms with Crippen molar-refractivity contribution >= 4 is 11.4 Å². The average molecular weight is 437 g/mol. The molecule has 0 heterocycles. The molecule has 4 aromatic rings. The monoisotopic (exact) mass is 436 g/mol.